The van der Waals surface area contributed by atoms with E-state index in [0.29, 0.717) is 10.8 Å². The monoisotopic (exact) mass is 306 g/mol. The first-order valence-electron chi connectivity index (χ1n) is 6.27. The van der Waals surface area contributed by atoms with Crippen LogP contribution in [0.1, 0.15) is 12.5 Å². The van der Waals surface area contributed by atoms with Crippen LogP contribution in [0.5, 0.6) is 0 Å². The van der Waals surface area contributed by atoms with Gasteiger partial charge in [-0.2, -0.15) is 8.42 Å². The van der Waals surface area contributed by atoms with E-state index in [1.54, 1.807) is 37.3 Å². The average molecular weight is 306 g/mol. The smallest absolute Gasteiger partial charge is 0.330 e. The highest BCUT2D eigenvalue weighted by Gasteiger charge is 2.18. The number of fused-ring (bicyclic) bond motifs is 1. The highest BCUT2D eigenvalue weighted by atomic mass is 32.2. The van der Waals surface area contributed by atoms with Crippen LogP contribution in [-0.2, 0) is 19.6 Å². The Morgan fingerprint density at radius 3 is 2.62 bits per heavy atom. The van der Waals surface area contributed by atoms with Crippen molar-refractivity contribution in [1.82, 2.24) is 0 Å². The number of ether oxygens (including phenoxy) is 1. The zero-order valence-electron chi connectivity index (χ0n) is 11.3. The Hall–Kier alpha value is -2.18. The highest BCUT2D eigenvalue weighted by molar-refractivity contribution is 7.86. The molecule has 0 aromatic heterocycles. The zero-order valence-corrected chi connectivity index (χ0v) is 12.1. The predicted molar refractivity (Wildman–Crippen MR) is 79.4 cm³/mol. The third kappa shape index (κ3) is 3.48. The van der Waals surface area contributed by atoms with E-state index in [9.17, 15) is 17.8 Å². The lowest BCUT2D eigenvalue weighted by Gasteiger charge is -2.07. The molecule has 0 spiro atoms. The van der Waals surface area contributed by atoms with Crippen LogP contribution in [-0.4, -0.2) is 25.5 Å². The van der Waals surface area contributed by atoms with Crippen molar-refractivity contribution in [3.63, 3.8) is 0 Å². The van der Waals surface area contributed by atoms with Crippen molar-refractivity contribution in [3.05, 3.63) is 48.0 Å². The average Bonchev–Trinajstić information content (AvgIpc) is 2.43. The van der Waals surface area contributed by atoms with E-state index >= 15 is 0 Å². The number of hydrogen-bond acceptors (Lipinski definition) is 4. The molecule has 0 saturated heterocycles. The van der Waals surface area contributed by atoms with Gasteiger partial charge < -0.3 is 4.74 Å². The van der Waals surface area contributed by atoms with Gasteiger partial charge in [0.25, 0.3) is 10.1 Å². The summed E-state index contributed by atoms with van der Waals surface area (Å²) in [6.07, 6.45) is 2.44. The summed E-state index contributed by atoms with van der Waals surface area (Å²) in [6, 6.07) is 10.0. The lowest BCUT2D eigenvalue weighted by molar-refractivity contribution is -0.137. The standard InChI is InChI=1S/C15H14O5S/c1-2-20-14(16)10-9-12-8-7-11-5-3-4-6-13(11)15(12)21(17,18)19/h3-10H,2H2,1H3,(H,17,18,19)/b10-9+. The maximum Gasteiger partial charge on any atom is 0.330 e. The Morgan fingerprint density at radius 1 is 1.24 bits per heavy atom. The van der Waals surface area contributed by atoms with Crippen molar-refractivity contribution in [1.29, 1.82) is 0 Å². The summed E-state index contributed by atoms with van der Waals surface area (Å²) >= 11 is 0. The van der Waals surface area contributed by atoms with Crippen LogP contribution in [0.3, 0.4) is 0 Å². The maximum absolute atomic E-state index is 11.6. The Labute approximate surface area is 122 Å². The van der Waals surface area contributed by atoms with Gasteiger partial charge in [-0.3, -0.25) is 4.55 Å². The van der Waals surface area contributed by atoms with Crippen LogP contribution in [0.2, 0.25) is 0 Å². The topological polar surface area (TPSA) is 80.7 Å². The molecule has 0 fully saturated rings. The van der Waals surface area contributed by atoms with E-state index in [1.807, 2.05) is 0 Å². The summed E-state index contributed by atoms with van der Waals surface area (Å²) in [5, 5.41) is 1.07. The summed E-state index contributed by atoms with van der Waals surface area (Å²) in [7, 11) is -4.42. The van der Waals surface area contributed by atoms with Gasteiger partial charge in [0, 0.05) is 11.5 Å². The molecule has 2 aromatic rings. The molecular weight excluding hydrogens is 292 g/mol. The lowest BCUT2D eigenvalue weighted by atomic mass is 10.1. The Kier molecular flexibility index (Phi) is 4.40. The van der Waals surface area contributed by atoms with Gasteiger partial charge in [0.15, 0.2) is 0 Å². The molecule has 6 heteroatoms. The van der Waals surface area contributed by atoms with Gasteiger partial charge in [0.05, 0.1) is 6.61 Å². The van der Waals surface area contributed by atoms with E-state index in [2.05, 4.69) is 0 Å². The van der Waals surface area contributed by atoms with Gasteiger partial charge in [-0.1, -0.05) is 36.4 Å². The molecule has 2 aromatic carbocycles. The minimum absolute atomic E-state index is 0.221. The molecule has 0 saturated carbocycles. The second-order valence-corrected chi connectivity index (χ2v) is 5.62. The Balaban J connectivity index is 2.62. The summed E-state index contributed by atoms with van der Waals surface area (Å²) in [5.41, 5.74) is 0.226. The second kappa shape index (κ2) is 6.07. The van der Waals surface area contributed by atoms with Gasteiger partial charge in [-0.05, 0) is 23.9 Å². The normalized spacial score (nSPS) is 11.9. The van der Waals surface area contributed by atoms with Crippen molar-refractivity contribution in [2.45, 2.75) is 11.8 Å². The summed E-state index contributed by atoms with van der Waals surface area (Å²) < 4.78 is 37.5. The Morgan fingerprint density at radius 2 is 1.95 bits per heavy atom. The number of esters is 1. The molecule has 0 radical (unpaired) electrons. The van der Waals surface area contributed by atoms with Gasteiger partial charge in [-0.25, -0.2) is 4.79 Å². The molecule has 1 N–H and O–H groups in total. The fraction of sp³-hybridized carbons (Fsp3) is 0.133. The van der Waals surface area contributed by atoms with Crippen molar-refractivity contribution in [3.8, 4) is 0 Å². The molecule has 0 aliphatic rings. The third-order valence-electron chi connectivity index (χ3n) is 2.85. The zero-order chi connectivity index (χ0) is 15.5. The number of carbonyl (C=O) groups excluding carboxylic acids is 1. The number of benzene rings is 2. The van der Waals surface area contributed by atoms with Crippen LogP contribution in [0.15, 0.2) is 47.4 Å². The highest BCUT2D eigenvalue weighted by Crippen LogP contribution is 2.27. The molecule has 5 nitrogen and oxygen atoms in total. The van der Waals surface area contributed by atoms with E-state index in [1.165, 1.54) is 12.1 Å². The van der Waals surface area contributed by atoms with Crippen molar-refractivity contribution >= 4 is 32.9 Å². The second-order valence-electron chi connectivity index (χ2n) is 4.27. The van der Waals surface area contributed by atoms with Crippen molar-refractivity contribution in [2.75, 3.05) is 6.61 Å². The van der Waals surface area contributed by atoms with Gasteiger partial charge in [-0.15, -0.1) is 0 Å². The van der Waals surface area contributed by atoms with Gasteiger partial charge in [0.2, 0.25) is 0 Å². The first-order chi connectivity index (χ1) is 9.93. The minimum atomic E-state index is -4.42. The molecule has 0 aliphatic heterocycles. The Bertz CT molecular complexity index is 806. The quantitative estimate of drug-likeness (QED) is 0.533. The molecule has 0 bridgehead atoms. The fourth-order valence-electron chi connectivity index (χ4n) is 2.03. The molecule has 0 unspecified atom stereocenters. The summed E-state index contributed by atoms with van der Waals surface area (Å²) in [5.74, 6) is -0.577. The van der Waals surface area contributed by atoms with Crippen LogP contribution in [0.4, 0.5) is 0 Å². The molecule has 110 valence electrons. The predicted octanol–water partition coefficient (Wildman–Crippen LogP) is 2.66. The van der Waals surface area contributed by atoms with Gasteiger partial charge >= 0.3 is 5.97 Å². The van der Waals surface area contributed by atoms with E-state index in [0.717, 1.165) is 6.08 Å². The van der Waals surface area contributed by atoms with Crippen molar-refractivity contribution < 1.29 is 22.5 Å². The van der Waals surface area contributed by atoms with Crippen molar-refractivity contribution in [2.24, 2.45) is 0 Å². The van der Waals surface area contributed by atoms with Crippen LogP contribution >= 0.6 is 0 Å². The molecule has 0 heterocycles. The number of hydrogen-bond donors (Lipinski definition) is 1. The maximum atomic E-state index is 11.6. The summed E-state index contributed by atoms with van der Waals surface area (Å²) in [4.78, 5) is 11.1. The molecule has 21 heavy (non-hydrogen) atoms. The largest absolute Gasteiger partial charge is 0.463 e. The number of carbonyl (C=O) groups is 1. The summed E-state index contributed by atoms with van der Waals surface area (Å²) in [6.45, 7) is 1.90. The van der Waals surface area contributed by atoms with Crippen LogP contribution in [0.25, 0.3) is 16.8 Å². The lowest BCUT2D eigenvalue weighted by Crippen LogP contribution is -2.03. The molecule has 0 amide bonds. The van der Waals surface area contributed by atoms with Crippen LogP contribution in [0, 0.1) is 0 Å². The first-order valence-corrected chi connectivity index (χ1v) is 7.71. The van der Waals surface area contributed by atoms with E-state index < -0.39 is 16.1 Å². The van der Waals surface area contributed by atoms with E-state index in [-0.39, 0.29) is 17.1 Å². The first kappa shape index (κ1) is 15.2. The minimum Gasteiger partial charge on any atom is -0.463 e. The van der Waals surface area contributed by atoms with E-state index in [4.69, 9.17) is 4.74 Å². The van der Waals surface area contributed by atoms with Gasteiger partial charge in [0.1, 0.15) is 4.90 Å². The SMILES string of the molecule is CCOC(=O)/C=C/c1ccc2ccccc2c1S(=O)(=O)O. The molecule has 2 rings (SSSR count). The molecule has 0 aliphatic carbocycles. The van der Waals surface area contributed by atoms with Crippen LogP contribution < -0.4 is 0 Å². The fourth-order valence-corrected chi connectivity index (χ4v) is 2.92. The third-order valence-corrected chi connectivity index (χ3v) is 3.83. The molecular formula is C15H14O5S. The molecule has 0 atom stereocenters. The number of rotatable bonds is 4.